The molecule has 0 spiro atoms. The average Bonchev–Trinajstić information content (AvgIpc) is 3.14. The zero-order valence-electron chi connectivity index (χ0n) is 14.4. The van der Waals surface area contributed by atoms with Crippen molar-refractivity contribution < 1.29 is 4.79 Å². The smallest absolute Gasteiger partial charge is 0.254 e. The van der Waals surface area contributed by atoms with Gasteiger partial charge in [-0.15, -0.1) is 11.3 Å². The summed E-state index contributed by atoms with van der Waals surface area (Å²) < 4.78 is 0. The molecule has 0 aliphatic heterocycles. The Labute approximate surface area is 147 Å². The molecule has 1 saturated carbocycles. The first kappa shape index (κ1) is 17.0. The van der Waals surface area contributed by atoms with Gasteiger partial charge in [0.05, 0.1) is 11.6 Å². The fraction of sp³-hybridized carbons (Fsp3) is 0.474. The number of nitrogens with one attached hydrogen (secondary N) is 1. The van der Waals surface area contributed by atoms with E-state index in [2.05, 4.69) is 27.8 Å². The van der Waals surface area contributed by atoms with Gasteiger partial charge in [-0.05, 0) is 42.3 Å². The van der Waals surface area contributed by atoms with Crippen LogP contribution in [0.25, 0.3) is 0 Å². The van der Waals surface area contributed by atoms with E-state index in [1.807, 2.05) is 12.1 Å². The van der Waals surface area contributed by atoms with Gasteiger partial charge in [0.2, 0.25) is 0 Å². The molecule has 1 aliphatic carbocycles. The monoisotopic (exact) mass is 343 g/mol. The lowest BCUT2D eigenvalue weighted by atomic mass is 9.83. The first-order valence-corrected chi connectivity index (χ1v) is 9.51. The highest BCUT2D eigenvalue weighted by Gasteiger charge is 2.26. The van der Waals surface area contributed by atoms with E-state index in [0.29, 0.717) is 17.5 Å². The first-order chi connectivity index (χ1) is 11.6. The summed E-state index contributed by atoms with van der Waals surface area (Å²) in [5, 5.41) is 5.76. The first-order valence-electron chi connectivity index (χ1n) is 8.63. The van der Waals surface area contributed by atoms with Crippen molar-refractivity contribution in [1.82, 2.24) is 9.88 Å². The number of thiophene rings is 1. The normalized spacial score (nSPS) is 16.6. The number of amides is 1. The highest BCUT2D eigenvalue weighted by atomic mass is 32.1. The molecule has 1 aliphatic rings. The standard InChI is InChI=1S/C19H25N3OS/c1-22(2)19(23)15-10-11-17(20-13-15)21-18(16-9-6-12-24-16)14-7-4-3-5-8-14/h6,9-14,18H,3-5,7-8H2,1-2H3,(H,20,21). The van der Waals surface area contributed by atoms with Gasteiger partial charge < -0.3 is 10.2 Å². The maximum atomic E-state index is 12.0. The van der Waals surface area contributed by atoms with Gasteiger partial charge in [-0.25, -0.2) is 4.98 Å². The summed E-state index contributed by atoms with van der Waals surface area (Å²) in [4.78, 5) is 19.4. The van der Waals surface area contributed by atoms with E-state index in [0.717, 1.165) is 5.82 Å². The second kappa shape index (κ2) is 7.79. The van der Waals surface area contributed by atoms with Crippen LogP contribution in [0.2, 0.25) is 0 Å². The van der Waals surface area contributed by atoms with Crippen LogP contribution in [0.5, 0.6) is 0 Å². The minimum atomic E-state index is -0.0175. The molecule has 1 amide bonds. The topological polar surface area (TPSA) is 45.2 Å². The van der Waals surface area contributed by atoms with Crippen LogP contribution in [0.3, 0.4) is 0 Å². The maximum Gasteiger partial charge on any atom is 0.254 e. The molecule has 0 radical (unpaired) electrons. The van der Waals surface area contributed by atoms with Crippen molar-refractivity contribution in [3.8, 4) is 0 Å². The van der Waals surface area contributed by atoms with Crippen LogP contribution in [0.15, 0.2) is 35.8 Å². The van der Waals surface area contributed by atoms with Crippen LogP contribution in [0.4, 0.5) is 5.82 Å². The van der Waals surface area contributed by atoms with Crippen molar-refractivity contribution in [2.75, 3.05) is 19.4 Å². The number of carbonyl (C=O) groups excluding carboxylic acids is 1. The molecule has 24 heavy (non-hydrogen) atoms. The van der Waals surface area contributed by atoms with Crippen molar-refractivity contribution >= 4 is 23.1 Å². The van der Waals surface area contributed by atoms with E-state index in [1.54, 1.807) is 36.5 Å². The van der Waals surface area contributed by atoms with Crippen LogP contribution >= 0.6 is 11.3 Å². The summed E-state index contributed by atoms with van der Waals surface area (Å²) in [6.07, 6.45) is 8.19. The molecule has 0 aromatic carbocycles. The van der Waals surface area contributed by atoms with Crippen molar-refractivity contribution in [1.29, 1.82) is 0 Å². The highest BCUT2D eigenvalue weighted by Crippen LogP contribution is 2.38. The lowest BCUT2D eigenvalue weighted by Crippen LogP contribution is -2.23. The summed E-state index contributed by atoms with van der Waals surface area (Å²) in [7, 11) is 3.51. The molecule has 2 aromatic rings. The zero-order chi connectivity index (χ0) is 16.9. The van der Waals surface area contributed by atoms with E-state index in [1.165, 1.54) is 37.0 Å². The number of anilines is 1. The molecule has 1 N–H and O–H groups in total. The number of carbonyl (C=O) groups is 1. The fourth-order valence-corrected chi connectivity index (χ4v) is 4.25. The molecular weight excluding hydrogens is 318 g/mol. The van der Waals surface area contributed by atoms with Gasteiger partial charge in [0.25, 0.3) is 5.91 Å². The Kier molecular flexibility index (Phi) is 5.51. The summed E-state index contributed by atoms with van der Waals surface area (Å²) >= 11 is 1.80. The molecule has 5 heteroatoms. The van der Waals surface area contributed by atoms with Gasteiger partial charge >= 0.3 is 0 Å². The second-order valence-electron chi connectivity index (χ2n) is 6.67. The Morgan fingerprint density at radius 2 is 2.04 bits per heavy atom. The number of hydrogen-bond acceptors (Lipinski definition) is 4. The lowest BCUT2D eigenvalue weighted by molar-refractivity contribution is 0.0827. The Morgan fingerprint density at radius 3 is 2.62 bits per heavy atom. The number of nitrogens with zero attached hydrogens (tertiary/aromatic N) is 2. The molecule has 0 saturated heterocycles. The van der Waals surface area contributed by atoms with Gasteiger partial charge in [0, 0.05) is 25.2 Å². The van der Waals surface area contributed by atoms with Crippen LogP contribution in [0, 0.1) is 5.92 Å². The SMILES string of the molecule is CN(C)C(=O)c1ccc(NC(c2cccs2)C2CCCCC2)nc1. The summed E-state index contributed by atoms with van der Waals surface area (Å²) in [5.74, 6) is 1.48. The third-order valence-electron chi connectivity index (χ3n) is 4.69. The minimum absolute atomic E-state index is 0.0175. The van der Waals surface area contributed by atoms with Gasteiger partial charge in [-0.2, -0.15) is 0 Å². The molecule has 2 heterocycles. The zero-order valence-corrected chi connectivity index (χ0v) is 15.2. The Morgan fingerprint density at radius 1 is 1.25 bits per heavy atom. The summed E-state index contributed by atoms with van der Waals surface area (Å²) in [6, 6.07) is 8.41. The summed E-state index contributed by atoms with van der Waals surface area (Å²) in [5.41, 5.74) is 0.621. The molecular formula is C19H25N3OS. The van der Waals surface area contributed by atoms with Crippen molar-refractivity contribution in [3.05, 3.63) is 46.3 Å². The van der Waals surface area contributed by atoms with E-state index in [9.17, 15) is 4.79 Å². The van der Waals surface area contributed by atoms with Crippen LogP contribution in [0.1, 0.15) is 53.4 Å². The van der Waals surface area contributed by atoms with Crippen molar-refractivity contribution in [3.63, 3.8) is 0 Å². The molecule has 1 atom stereocenters. The molecule has 1 unspecified atom stereocenters. The third kappa shape index (κ3) is 3.96. The predicted molar refractivity (Wildman–Crippen MR) is 99.5 cm³/mol. The number of aromatic nitrogens is 1. The summed E-state index contributed by atoms with van der Waals surface area (Å²) in [6.45, 7) is 0. The number of rotatable bonds is 5. The average molecular weight is 343 g/mol. The Bertz CT molecular complexity index is 646. The Balaban J connectivity index is 1.76. The van der Waals surface area contributed by atoms with Gasteiger partial charge in [-0.3, -0.25) is 4.79 Å². The third-order valence-corrected chi connectivity index (χ3v) is 5.65. The van der Waals surface area contributed by atoms with Gasteiger partial charge in [-0.1, -0.05) is 25.3 Å². The van der Waals surface area contributed by atoms with E-state index < -0.39 is 0 Å². The highest BCUT2D eigenvalue weighted by molar-refractivity contribution is 7.10. The largest absolute Gasteiger partial charge is 0.362 e. The fourth-order valence-electron chi connectivity index (χ4n) is 3.38. The van der Waals surface area contributed by atoms with Gasteiger partial charge in [0.15, 0.2) is 0 Å². The minimum Gasteiger partial charge on any atom is -0.362 e. The molecule has 2 aromatic heterocycles. The van der Waals surface area contributed by atoms with Crippen molar-refractivity contribution in [2.45, 2.75) is 38.1 Å². The van der Waals surface area contributed by atoms with Crippen LogP contribution in [-0.4, -0.2) is 29.9 Å². The molecule has 128 valence electrons. The predicted octanol–water partition coefficient (Wildman–Crippen LogP) is 4.58. The quantitative estimate of drug-likeness (QED) is 0.864. The lowest BCUT2D eigenvalue weighted by Gasteiger charge is -2.30. The van der Waals surface area contributed by atoms with E-state index in [-0.39, 0.29) is 5.91 Å². The Hall–Kier alpha value is -1.88. The van der Waals surface area contributed by atoms with Crippen LogP contribution in [-0.2, 0) is 0 Å². The van der Waals surface area contributed by atoms with E-state index in [4.69, 9.17) is 0 Å². The van der Waals surface area contributed by atoms with Crippen LogP contribution < -0.4 is 5.32 Å². The number of pyridine rings is 1. The molecule has 4 nitrogen and oxygen atoms in total. The van der Waals surface area contributed by atoms with Gasteiger partial charge in [0.1, 0.15) is 5.82 Å². The second-order valence-corrected chi connectivity index (χ2v) is 7.65. The molecule has 1 fully saturated rings. The number of hydrogen-bond donors (Lipinski definition) is 1. The van der Waals surface area contributed by atoms with Crippen molar-refractivity contribution in [2.24, 2.45) is 5.92 Å². The molecule has 0 bridgehead atoms. The molecule has 3 rings (SSSR count). The van der Waals surface area contributed by atoms with E-state index >= 15 is 0 Å². The maximum absolute atomic E-state index is 12.0.